The summed E-state index contributed by atoms with van der Waals surface area (Å²) in [6.07, 6.45) is 2.62. The highest BCUT2D eigenvalue weighted by Gasteiger charge is 2.29. The van der Waals surface area contributed by atoms with Crippen molar-refractivity contribution >= 4 is 17.4 Å². The van der Waals surface area contributed by atoms with Gasteiger partial charge in [-0.1, -0.05) is 19.3 Å². The van der Waals surface area contributed by atoms with Crippen molar-refractivity contribution in [1.29, 1.82) is 0 Å². The number of amides is 1. The van der Waals surface area contributed by atoms with Gasteiger partial charge < -0.3 is 10.6 Å². The van der Waals surface area contributed by atoms with Gasteiger partial charge >= 0.3 is 6.18 Å². The summed E-state index contributed by atoms with van der Waals surface area (Å²) in [4.78, 5) is 16.4. The molecule has 3 rings (SSSR count). The summed E-state index contributed by atoms with van der Waals surface area (Å²) < 4.78 is 37.7. The van der Waals surface area contributed by atoms with E-state index >= 15 is 0 Å². The zero-order chi connectivity index (χ0) is 18.6. The second-order valence-corrected chi connectivity index (χ2v) is 6.44. The number of benzene rings is 1. The van der Waals surface area contributed by atoms with E-state index in [4.69, 9.17) is 0 Å². The van der Waals surface area contributed by atoms with E-state index in [1.165, 1.54) is 24.8 Å². The Morgan fingerprint density at radius 2 is 1.69 bits per heavy atom. The minimum absolute atomic E-state index is 0.148. The number of anilines is 2. The molecule has 1 saturated carbocycles. The van der Waals surface area contributed by atoms with Gasteiger partial charge in [-0.15, -0.1) is 0 Å². The molecule has 1 aliphatic carbocycles. The number of hydrogen-bond acceptors (Lipinski definition) is 3. The molecule has 4 nitrogen and oxygen atoms in total. The molecule has 0 unspecified atom stereocenters. The van der Waals surface area contributed by atoms with E-state index < -0.39 is 11.7 Å². The molecule has 26 heavy (non-hydrogen) atoms. The van der Waals surface area contributed by atoms with Crippen LogP contribution in [0.25, 0.3) is 0 Å². The van der Waals surface area contributed by atoms with Gasteiger partial charge in [-0.05, 0) is 49.2 Å². The van der Waals surface area contributed by atoms with Crippen molar-refractivity contribution in [2.75, 3.05) is 5.32 Å². The van der Waals surface area contributed by atoms with Crippen LogP contribution in [0.2, 0.25) is 0 Å². The quantitative estimate of drug-likeness (QED) is 0.812. The van der Waals surface area contributed by atoms with Gasteiger partial charge in [0, 0.05) is 17.9 Å². The number of nitrogens with zero attached hydrogens (tertiary/aromatic N) is 1. The van der Waals surface area contributed by atoms with Gasteiger partial charge in [-0.2, -0.15) is 13.2 Å². The SMILES string of the molecule is O=C(NC1CCCCC1)c1ccc(Nc2ccc(C(F)(F)F)cc2)nc1. The Kier molecular flexibility index (Phi) is 5.44. The number of pyridine rings is 1. The average molecular weight is 363 g/mol. The first-order chi connectivity index (χ1) is 12.4. The molecule has 0 bridgehead atoms. The third-order valence-corrected chi connectivity index (χ3v) is 4.45. The lowest BCUT2D eigenvalue weighted by Crippen LogP contribution is -2.36. The molecule has 0 aliphatic heterocycles. The van der Waals surface area contributed by atoms with E-state index in [1.807, 2.05) is 0 Å². The lowest BCUT2D eigenvalue weighted by Gasteiger charge is -2.22. The Morgan fingerprint density at radius 3 is 2.27 bits per heavy atom. The smallest absolute Gasteiger partial charge is 0.349 e. The molecule has 1 amide bonds. The van der Waals surface area contributed by atoms with Crippen LogP contribution in [0, 0.1) is 0 Å². The van der Waals surface area contributed by atoms with Crippen molar-refractivity contribution in [3.63, 3.8) is 0 Å². The molecular formula is C19H20F3N3O. The second kappa shape index (κ2) is 7.76. The third-order valence-electron chi connectivity index (χ3n) is 4.45. The van der Waals surface area contributed by atoms with Crippen LogP contribution in [0.5, 0.6) is 0 Å². The lowest BCUT2D eigenvalue weighted by molar-refractivity contribution is -0.137. The molecule has 1 aromatic carbocycles. The highest BCUT2D eigenvalue weighted by molar-refractivity contribution is 5.94. The van der Waals surface area contributed by atoms with Crippen LogP contribution in [0.3, 0.4) is 0 Å². The molecule has 7 heteroatoms. The van der Waals surface area contributed by atoms with Gasteiger partial charge in [0.2, 0.25) is 0 Å². The van der Waals surface area contributed by atoms with Gasteiger partial charge in [-0.3, -0.25) is 4.79 Å². The normalized spacial score (nSPS) is 15.5. The van der Waals surface area contributed by atoms with E-state index in [0.29, 0.717) is 17.1 Å². The van der Waals surface area contributed by atoms with Gasteiger partial charge in [0.25, 0.3) is 5.91 Å². The van der Waals surface area contributed by atoms with Crippen LogP contribution in [0.15, 0.2) is 42.6 Å². The molecule has 1 aromatic heterocycles. The van der Waals surface area contributed by atoms with Crippen LogP contribution >= 0.6 is 0 Å². The molecule has 1 fully saturated rings. The van der Waals surface area contributed by atoms with Crippen molar-refractivity contribution in [2.45, 2.75) is 44.3 Å². The summed E-state index contributed by atoms with van der Waals surface area (Å²) in [7, 11) is 0. The number of carbonyl (C=O) groups is 1. The first kappa shape index (κ1) is 18.2. The monoisotopic (exact) mass is 363 g/mol. The minimum atomic E-state index is -4.36. The average Bonchev–Trinajstić information content (AvgIpc) is 2.63. The summed E-state index contributed by atoms with van der Waals surface area (Å²) in [5, 5.41) is 5.94. The van der Waals surface area contributed by atoms with Crippen molar-refractivity contribution < 1.29 is 18.0 Å². The van der Waals surface area contributed by atoms with E-state index in [0.717, 1.165) is 37.8 Å². The molecule has 0 saturated heterocycles. The number of carbonyl (C=O) groups excluding carboxylic acids is 1. The van der Waals surface area contributed by atoms with Crippen LogP contribution in [-0.2, 0) is 6.18 Å². The molecule has 138 valence electrons. The number of rotatable bonds is 4. The fourth-order valence-electron chi connectivity index (χ4n) is 3.01. The first-order valence-electron chi connectivity index (χ1n) is 8.63. The van der Waals surface area contributed by atoms with Gasteiger partial charge in [0.1, 0.15) is 5.82 Å². The van der Waals surface area contributed by atoms with E-state index in [-0.39, 0.29) is 11.9 Å². The van der Waals surface area contributed by atoms with Gasteiger partial charge in [0.05, 0.1) is 11.1 Å². The first-order valence-corrected chi connectivity index (χ1v) is 8.63. The van der Waals surface area contributed by atoms with Crippen molar-refractivity contribution in [3.05, 3.63) is 53.7 Å². The molecule has 0 spiro atoms. The Labute approximate surface area is 149 Å². The highest BCUT2D eigenvalue weighted by atomic mass is 19.4. The number of aromatic nitrogens is 1. The predicted octanol–water partition coefficient (Wildman–Crippen LogP) is 4.91. The summed E-state index contributed by atoms with van der Waals surface area (Å²) in [6.45, 7) is 0. The maximum atomic E-state index is 12.6. The fraction of sp³-hybridized carbons (Fsp3) is 0.368. The summed E-state index contributed by atoms with van der Waals surface area (Å²) in [6, 6.07) is 8.21. The molecule has 0 atom stereocenters. The van der Waals surface area contributed by atoms with Crippen molar-refractivity contribution in [2.24, 2.45) is 0 Å². The van der Waals surface area contributed by atoms with Gasteiger partial charge in [0.15, 0.2) is 0 Å². The molecule has 1 heterocycles. The second-order valence-electron chi connectivity index (χ2n) is 6.44. The van der Waals surface area contributed by atoms with Crippen LogP contribution in [0.1, 0.15) is 48.0 Å². The third kappa shape index (κ3) is 4.74. The van der Waals surface area contributed by atoms with Gasteiger partial charge in [-0.25, -0.2) is 4.98 Å². The lowest BCUT2D eigenvalue weighted by atomic mass is 9.95. The summed E-state index contributed by atoms with van der Waals surface area (Å²) in [5.41, 5.74) is 0.254. The summed E-state index contributed by atoms with van der Waals surface area (Å²) >= 11 is 0. The molecule has 2 aromatic rings. The Hall–Kier alpha value is -2.57. The maximum Gasteiger partial charge on any atom is 0.416 e. The Morgan fingerprint density at radius 1 is 1.00 bits per heavy atom. The van der Waals surface area contributed by atoms with E-state index in [9.17, 15) is 18.0 Å². The molecular weight excluding hydrogens is 343 g/mol. The number of alkyl halides is 3. The maximum absolute atomic E-state index is 12.6. The molecule has 1 aliphatic rings. The number of halogens is 3. The fourth-order valence-corrected chi connectivity index (χ4v) is 3.01. The van der Waals surface area contributed by atoms with Crippen LogP contribution in [-0.4, -0.2) is 16.9 Å². The summed E-state index contributed by atoms with van der Waals surface area (Å²) in [5.74, 6) is 0.310. The Balaban J connectivity index is 1.59. The van der Waals surface area contributed by atoms with Crippen LogP contribution < -0.4 is 10.6 Å². The highest BCUT2D eigenvalue weighted by Crippen LogP contribution is 2.30. The van der Waals surface area contributed by atoms with Crippen molar-refractivity contribution in [3.8, 4) is 0 Å². The minimum Gasteiger partial charge on any atom is -0.349 e. The zero-order valence-corrected chi connectivity index (χ0v) is 14.1. The Bertz CT molecular complexity index is 736. The van der Waals surface area contributed by atoms with E-state index in [1.54, 1.807) is 12.1 Å². The van der Waals surface area contributed by atoms with E-state index in [2.05, 4.69) is 15.6 Å². The standard InChI is InChI=1S/C19H20F3N3O/c20-19(21,22)14-7-9-16(10-8-14)24-17-11-6-13(12-23-17)18(26)25-15-4-2-1-3-5-15/h6-12,15H,1-5H2,(H,23,24)(H,25,26). The number of nitrogens with one attached hydrogen (secondary N) is 2. The predicted molar refractivity (Wildman–Crippen MR) is 93.3 cm³/mol. The molecule has 2 N–H and O–H groups in total. The van der Waals surface area contributed by atoms with Crippen LogP contribution in [0.4, 0.5) is 24.7 Å². The number of hydrogen-bond donors (Lipinski definition) is 2. The largest absolute Gasteiger partial charge is 0.416 e. The zero-order valence-electron chi connectivity index (χ0n) is 14.1. The topological polar surface area (TPSA) is 54.0 Å². The van der Waals surface area contributed by atoms with Crippen molar-refractivity contribution in [1.82, 2.24) is 10.3 Å². The molecule has 0 radical (unpaired) electrons.